The fourth-order valence-corrected chi connectivity index (χ4v) is 3.54. The predicted octanol–water partition coefficient (Wildman–Crippen LogP) is 1.74. The molecule has 2 aromatic heterocycles. The van der Waals surface area contributed by atoms with Crippen LogP contribution >= 0.6 is 0 Å². The number of rotatable bonds is 6. The van der Waals surface area contributed by atoms with Gasteiger partial charge >= 0.3 is 5.69 Å². The molecular weight excluding hydrogens is 346 g/mol. The molecule has 1 N–H and O–H groups in total. The Hall–Kier alpha value is -2.87. The van der Waals surface area contributed by atoms with Gasteiger partial charge in [0.2, 0.25) is 5.91 Å². The third-order valence-electron chi connectivity index (χ3n) is 4.95. The number of nitrogens with one attached hydrogen (secondary N) is 1. The van der Waals surface area contributed by atoms with E-state index in [9.17, 15) is 9.59 Å². The average Bonchev–Trinajstić information content (AvgIpc) is 3.38. The fraction of sp³-hybridized carbons (Fsp3) is 0.421. The first-order chi connectivity index (χ1) is 13.1. The van der Waals surface area contributed by atoms with Gasteiger partial charge in [-0.3, -0.25) is 18.6 Å². The molecule has 27 heavy (non-hydrogen) atoms. The lowest BCUT2D eigenvalue weighted by atomic mass is 10.2. The highest BCUT2D eigenvalue weighted by molar-refractivity contribution is 5.90. The molecule has 1 amide bonds. The van der Waals surface area contributed by atoms with Gasteiger partial charge < -0.3 is 10.1 Å². The molecule has 0 saturated carbocycles. The standard InChI is InChI=1S/C19H23N5O3/c1-22-16-6-2-3-7-17(16)24(19(22)26)9-8-18(25)21-14-11-20-23(12-14)13-15-5-4-10-27-15/h2-3,6-7,11-12,15H,4-5,8-10,13H2,1H3,(H,21,25). The SMILES string of the molecule is Cn1c(=O)n(CCC(=O)Nc2cnn(CC3CCCO3)c2)c2ccccc21. The number of imidazole rings is 1. The molecule has 0 aliphatic carbocycles. The number of hydrogen-bond donors (Lipinski definition) is 1. The average molecular weight is 369 g/mol. The third kappa shape index (κ3) is 3.66. The van der Waals surface area contributed by atoms with Crippen LogP contribution in [0.2, 0.25) is 0 Å². The summed E-state index contributed by atoms with van der Waals surface area (Å²) in [6.07, 6.45) is 5.99. The molecule has 8 heteroatoms. The van der Waals surface area contributed by atoms with Gasteiger partial charge in [-0.2, -0.15) is 5.10 Å². The van der Waals surface area contributed by atoms with Crippen molar-refractivity contribution in [2.75, 3.05) is 11.9 Å². The van der Waals surface area contributed by atoms with Gasteiger partial charge in [-0.15, -0.1) is 0 Å². The van der Waals surface area contributed by atoms with E-state index in [0.29, 0.717) is 18.8 Å². The van der Waals surface area contributed by atoms with Crippen LogP contribution in [0.1, 0.15) is 19.3 Å². The number of anilines is 1. The number of carbonyl (C=O) groups excluding carboxylic acids is 1. The highest BCUT2D eigenvalue weighted by atomic mass is 16.5. The normalized spacial score (nSPS) is 16.9. The first-order valence-corrected chi connectivity index (χ1v) is 9.20. The molecule has 0 spiro atoms. The van der Waals surface area contributed by atoms with Crippen LogP contribution in [0.5, 0.6) is 0 Å². The van der Waals surface area contributed by atoms with Gasteiger partial charge in [0, 0.05) is 32.8 Å². The Kier molecular flexibility index (Phi) is 4.81. The Morgan fingerprint density at radius 3 is 2.93 bits per heavy atom. The van der Waals surface area contributed by atoms with Crippen molar-refractivity contribution in [3.63, 3.8) is 0 Å². The zero-order chi connectivity index (χ0) is 18.8. The van der Waals surface area contributed by atoms with E-state index in [-0.39, 0.29) is 24.1 Å². The lowest BCUT2D eigenvalue weighted by Gasteiger charge is -2.08. The summed E-state index contributed by atoms with van der Waals surface area (Å²) in [4.78, 5) is 24.7. The van der Waals surface area contributed by atoms with Crippen molar-refractivity contribution >= 4 is 22.6 Å². The van der Waals surface area contributed by atoms with E-state index in [2.05, 4.69) is 10.4 Å². The van der Waals surface area contributed by atoms with Crippen LogP contribution in [0.3, 0.4) is 0 Å². The van der Waals surface area contributed by atoms with Gasteiger partial charge in [0.05, 0.1) is 35.6 Å². The van der Waals surface area contributed by atoms with Crippen LogP contribution in [0.25, 0.3) is 11.0 Å². The largest absolute Gasteiger partial charge is 0.376 e. The van der Waals surface area contributed by atoms with Gasteiger partial charge in [-0.05, 0) is 25.0 Å². The maximum Gasteiger partial charge on any atom is 0.328 e. The van der Waals surface area contributed by atoms with Crippen molar-refractivity contribution in [1.29, 1.82) is 0 Å². The second kappa shape index (κ2) is 7.40. The van der Waals surface area contributed by atoms with Crippen LogP contribution in [0, 0.1) is 0 Å². The Morgan fingerprint density at radius 1 is 1.33 bits per heavy atom. The molecule has 1 atom stereocenters. The quantitative estimate of drug-likeness (QED) is 0.717. The maximum absolute atomic E-state index is 12.4. The molecule has 1 saturated heterocycles. The Labute approximate surface area is 156 Å². The first kappa shape index (κ1) is 17.5. The number of para-hydroxylation sites is 2. The van der Waals surface area contributed by atoms with E-state index >= 15 is 0 Å². The summed E-state index contributed by atoms with van der Waals surface area (Å²) in [7, 11) is 1.74. The van der Waals surface area contributed by atoms with E-state index in [1.54, 1.807) is 27.1 Å². The highest BCUT2D eigenvalue weighted by Gasteiger charge is 2.17. The van der Waals surface area contributed by atoms with Crippen molar-refractivity contribution in [3.05, 3.63) is 47.1 Å². The van der Waals surface area contributed by atoms with E-state index < -0.39 is 0 Å². The van der Waals surface area contributed by atoms with Crippen LogP contribution < -0.4 is 11.0 Å². The molecule has 142 valence electrons. The zero-order valence-corrected chi connectivity index (χ0v) is 15.3. The van der Waals surface area contributed by atoms with E-state index in [0.717, 1.165) is 30.5 Å². The Morgan fingerprint density at radius 2 is 2.15 bits per heavy atom. The zero-order valence-electron chi connectivity index (χ0n) is 15.3. The van der Waals surface area contributed by atoms with Crippen molar-refractivity contribution < 1.29 is 9.53 Å². The second-order valence-corrected chi connectivity index (χ2v) is 6.87. The number of ether oxygens (including phenoxy) is 1. The Bertz CT molecular complexity index is 1010. The number of amides is 1. The number of nitrogens with zero attached hydrogens (tertiary/aromatic N) is 4. The fourth-order valence-electron chi connectivity index (χ4n) is 3.54. The highest BCUT2D eigenvalue weighted by Crippen LogP contribution is 2.15. The molecule has 3 aromatic rings. The summed E-state index contributed by atoms with van der Waals surface area (Å²) in [6.45, 7) is 1.83. The van der Waals surface area contributed by atoms with Gasteiger partial charge in [0.15, 0.2) is 0 Å². The molecule has 0 radical (unpaired) electrons. The summed E-state index contributed by atoms with van der Waals surface area (Å²) in [6, 6.07) is 7.58. The lowest BCUT2D eigenvalue weighted by Crippen LogP contribution is -2.24. The summed E-state index contributed by atoms with van der Waals surface area (Å²) in [5.74, 6) is -0.147. The number of carbonyl (C=O) groups is 1. The molecular formula is C19H23N5O3. The number of fused-ring (bicyclic) bond motifs is 1. The van der Waals surface area contributed by atoms with Crippen LogP contribution in [0.15, 0.2) is 41.5 Å². The molecule has 1 unspecified atom stereocenters. The van der Waals surface area contributed by atoms with Crippen LogP contribution in [0.4, 0.5) is 5.69 Å². The Balaban J connectivity index is 1.37. The minimum Gasteiger partial charge on any atom is -0.376 e. The van der Waals surface area contributed by atoms with Gasteiger partial charge in [-0.1, -0.05) is 12.1 Å². The third-order valence-corrected chi connectivity index (χ3v) is 4.95. The number of benzene rings is 1. The molecule has 0 bridgehead atoms. The smallest absolute Gasteiger partial charge is 0.328 e. The summed E-state index contributed by atoms with van der Waals surface area (Å²) in [5, 5.41) is 7.12. The topological polar surface area (TPSA) is 83.1 Å². The molecule has 1 aromatic carbocycles. The summed E-state index contributed by atoms with van der Waals surface area (Å²) >= 11 is 0. The van der Waals surface area contributed by atoms with Crippen molar-refractivity contribution in [3.8, 4) is 0 Å². The van der Waals surface area contributed by atoms with Crippen molar-refractivity contribution in [1.82, 2.24) is 18.9 Å². The number of aromatic nitrogens is 4. The maximum atomic E-state index is 12.4. The van der Waals surface area contributed by atoms with Crippen LogP contribution in [-0.2, 0) is 29.7 Å². The minimum absolute atomic E-state index is 0.117. The minimum atomic E-state index is -0.147. The van der Waals surface area contributed by atoms with E-state index in [1.165, 1.54) is 0 Å². The molecule has 1 aliphatic rings. The molecule has 4 rings (SSSR count). The van der Waals surface area contributed by atoms with Crippen molar-refractivity contribution in [2.24, 2.45) is 7.05 Å². The second-order valence-electron chi connectivity index (χ2n) is 6.87. The van der Waals surface area contributed by atoms with Crippen molar-refractivity contribution in [2.45, 2.75) is 38.5 Å². The summed E-state index contributed by atoms with van der Waals surface area (Å²) < 4.78 is 10.6. The van der Waals surface area contributed by atoms with E-state index in [4.69, 9.17) is 4.74 Å². The molecule has 1 fully saturated rings. The lowest BCUT2D eigenvalue weighted by molar-refractivity contribution is -0.116. The monoisotopic (exact) mass is 369 g/mol. The number of aryl methyl sites for hydroxylation is 2. The molecule has 8 nitrogen and oxygen atoms in total. The summed E-state index contributed by atoms with van der Waals surface area (Å²) in [5.41, 5.74) is 2.23. The van der Waals surface area contributed by atoms with Crippen LogP contribution in [-0.4, -0.2) is 37.5 Å². The van der Waals surface area contributed by atoms with E-state index in [1.807, 2.05) is 30.5 Å². The van der Waals surface area contributed by atoms with Gasteiger partial charge in [0.25, 0.3) is 0 Å². The predicted molar refractivity (Wildman–Crippen MR) is 102 cm³/mol. The van der Waals surface area contributed by atoms with Gasteiger partial charge in [-0.25, -0.2) is 4.79 Å². The molecule has 3 heterocycles. The van der Waals surface area contributed by atoms with Gasteiger partial charge in [0.1, 0.15) is 0 Å². The molecule has 1 aliphatic heterocycles. The first-order valence-electron chi connectivity index (χ1n) is 9.20. The number of hydrogen-bond acceptors (Lipinski definition) is 4.